The van der Waals surface area contributed by atoms with Crippen molar-refractivity contribution >= 4 is 22.4 Å². The Hall–Kier alpha value is -2.30. The van der Waals surface area contributed by atoms with Crippen LogP contribution in [0.3, 0.4) is 0 Å². The highest BCUT2D eigenvalue weighted by atomic mass is 16.2. The summed E-state index contributed by atoms with van der Waals surface area (Å²) in [5.41, 5.74) is 12.4. The smallest absolute Gasteiger partial charge is 0.259 e. The lowest BCUT2D eigenvalue weighted by atomic mass is 10.1. The third-order valence-corrected chi connectivity index (χ3v) is 3.20. The fourth-order valence-electron chi connectivity index (χ4n) is 1.92. The molecule has 2 rings (SSSR count). The van der Waals surface area contributed by atoms with Crippen LogP contribution in [0, 0.1) is 6.92 Å². The van der Waals surface area contributed by atoms with Crippen LogP contribution >= 0.6 is 0 Å². The molecule has 1 amide bonds. The van der Waals surface area contributed by atoms with Gasteiger partial charge in [-0.1, -0.05) is 6.07 Å². The minimum atomic E-state index is -0.676. The van der Waals surface area contributed by atoms with Crippen LogP contribution in [-0.4, -0.2) is 10.5 Å². The number of hydrogen-bond acceptors (Lipinski definition) is 3. The Labute approximate surface area is 104 Å². The molecule has 0 aliphatic heterocycles. The first kappa shape index (κ1) is 12.2. The van der Waals surface area contributed by atoms with Gasteiger partial charge in [-0.2, -0.15) is 0 Å². The summed E-state index contributed by atoms with van der Waals surface area (Å²) < 4.78 is 1.32. The van der Waals surface area contributed by atoms with E-state index in [1.165, 1.54) is 4.57 Å². The lowest BCUT2D eigenvalue weighted by molar-refractivity contribution is -0.120. The zero-order valence-corrected chi connectivity index (χ0v) is 10.3. The van der Waals surface area contributed by atoms with E-state index in [1.54, 1.807) is 31.3 Å². The van der Waals surface area contributed by atoms with Crippen LogP contribution in [-0.2, 0) is 4.79 Å². The molecule has 5 heteroatoms. The zero-order chi connectivity index (χ0) is 13.4. The van der Waals surface area contributed by atoms with E-state index in [1.807, 2.05) is 6.92 Å². The van der Waals surface area contributed by atoms with Gasteiger partial charge >= 0.3 is 0 Å². The van der Waals surface area contributed by atoms with Gasteiger partial charge in [-0.3, -0.25) is 9.59 Å². The molecule has 0 saturated carbocycles. The van der Waals surface area contributed by atoms with Crippen molar-refractivity contribution in [2.75, 3.05) is 5.73 Å². The number of fused-ring (bicyclic) bond motifs is 1. The molecule has 2 aromatic rings. The SMILES string of the molecule is Cc1ccc2c(=O)n([C@H](C)C(N)=O)ccc2c1N. The van der Waals surface area contributed by atoms with E-state index in [4.69, 9.17) is 11.5 Å². The number of amides is 1. The molecule has 0 aliphatic carbocycles. The molecule has 1 aromatic heterocycles. The second kappa shape index (κ2) is 4.18. The first-order valence-corrected chi connectivity index (χ1v) is 5.62. The molecule has 5 nitrogen and oxygen atoms in total. The van der Waals surface area contributed by atoms with Crippen molar-refractivity contribution in [1.29, 1.82) is 0 Å². The van der Waals surface area contributed by atoms with E-state index < -0.39 is 11.9 Å². The number of nitrogens with zero attached hydrogens (tertiary/aromatic N) is 1. The van der Waals surface area contributed by atoms with Crippen LogP contribution in [0.4, 0.5) is 5.69 Å². The standard InChI is InChI=1S/C13H15N3O2/c1-7-3-4-10-9(11(7)14)5-6-16(13(10)18)8(2)12(15)17/h3-6,8H,14H2,1-2H3,(H2,15,17)/t8-/m1/s1. The molecule has 1 aromatic carbocycles. The number of hydrogen-bond donors (Lipinski definition) is 2. The summed E-state index contributed by atoms with van der Waals surface area (Å²) >= 11 is 0. The van der Waals surface area contributed by atoms with Crippen molar-refractivity contribution in [3.63, 3.8) is 0 Å². The van der Waals surface area contributed by atoms with Gasteiger partial charge in [0.05, 0.1) is 0 Å². The van der Waals surface area contributed by atoms with Crippen LogP contribution in [0.15, 0.2) is 29.2 Å². The summed E-state index contributed by atoms with van der Waals surface area (Å²) in [5, 5.41) is 1.20. The molecule has 4 N–H and O–H groups in total. The number of carbonyl (C=O) groups is 1. The van der Waals surface area contributed by atoms with Crippen molar-refractivity contribution in [2.24, 2.45) is 5.73 Å². The number of aromatic nitrogens is 1. The van der Waals surface area contributed by atoms with Crippen LogP contribution in [0.5, 0.6) is 0 Å². The second-order valence-electron chi connectivity index (χ2n) is 4.36. The molecule has 0 radical (unpaired) electrons. The lowest BCUT2D eigenvalue weighted by Gasteiger charge is -2.13. The van der Waals surface area contributed by atoms with Gasteiger partial charge in [0.1, 0.15) is 6.04 Å². The van der Waals surface area contributed by atoms with Gasteiger partial charge < -0.3 is 16.0 Å². The van der Waals surface area contributed by atoms with Gasteiger partial charge in [-0.25, -0.2) is 0 Å². The fraction of sp³-hybridized carbons (Fsp3) is 0.231. The Bertz CT molecular complexity index is 688. The van der Waals surface area contributed by atoms with Gasteiger partial charge in [0.25, 0.3) is 5.56 Å². The molecular formula is C13H15N3O2. The van der Waals surface area contributed by atoms with E-state index in [0.29, 0.717) is 16.5 Å². The minimum absolute atomic E-state index is 0.259. The summed E-state index contributed by atoms with van der Waals surface area (Å²) in [4.78, 5) is 23.4. The first-order valence-electron chi connectivity index (χ1n) is 5.62. The molecule has 0 spiro atoms. The zero-order valence-electron chi connectivity index (χ0n) is 10.3. The number of primary amides is 1. The van der Waals surface area contributed by atoms with Crippen molar-refractivity contribution in [3.05, 3.63) is 40.3 Å². The topological polar surface area (TPSA) is 91.1 Å². The van der Waals surface area contributed by atoms with Gasteiger partial charge in [0, 0.05) is 22.7 Å². The van der Waals surface area contributed by atoms with Crippen molar-refractivity contribution < 1.29 is 4.79 Å². The maximum Gasteiger partial charge on any atom is 0.259 e. The molecule has 0 bridgehead atoms. The van der Waals surface area contributed by atoms with Crippen molar-refractivity contribution in [3.8, 4) is 0 Å². The molecule has 18 heavy (non-hydrogen) atoms. The monoisotopic (exact) mass is 245 g/mol. The number of anilines is 1. The summed E-state index contributed by atoms with van der Waals surface area (Å²) in [5.74, 6) is -0.545. The number of aryl methyl sites for hydroxylation is 1. The molecule has 0 saturated heterocycles. The Morgan fingerprint density at radius 3 is 2.56 bits per heavy atom. The molecule has 1 atom stereocenters. The second-order valence-corrected chi connectivity index (χ2v) is 4.36. The maximum atomic E-state index is 12.2. The fourth-order valence-corrected chi connectivity index (χ4v) is 1.92. The number of pyridine rings is 1. The highest BCUT2D eigenvalue weighted by molar-refractivity contribution is 5.93. The molecule has 94 valence electrons. The quantitative estimate of drug-likeness (QED) is 0.771. The Morgan fingerprint density at radius 1 is 1.28 bits per heavy atom. The largest absolute Gasteiger partial charge is 0.398 e. The molecule has 0 aliphatic rings. The first-order chi connectivity index (χ1) is 8.43. The Morgan fingerprint density at radius 2 is 1.94 bits per heavy atom. The molecule has 0 fully saturated rings. The lowest BCUT2D eigenvalue weighted by Crippen LogP contribution is -2.31. The Balaban J connectivity index is 2.77. The average Bonchev–Trinajstić information content (AvgIpc) is 2.33. The Kier molecular flexibility index (Phi) is 2.82. The van der Waals surface area contributed by atoms with Crippen LogP contribution in [0.2, 0.25) is 0 Å². The third kappa shape index (κ3) is 1.73. The minimum Gasteiger partial charge on any atom is -0.398 e. The highest BCUT2D eigenvalue weighted by Gasteiger charge is 2.14. The number of nitrogens with two attached hydrogens (primary N) is 2. The number of carbonyl (C=O) groups excluding carboxylic acids is 1. The van der Waals surface area contributed by atoms with E-state index in [9.17, 15) is 9.59 Å². The molecule has 1 heterocycles. The van der Waals surface area contributed by atoms with E-state index in [-0.39, 0.29) is 5.56 Å². The van der Waals surface area contributed by atoms with Crippen LogP contribution in [0.25, 0.3) is 10.8 Å². The summed E-state index contributed by atoms with van der Waals surface area (Å²) in [7, 11) is 0. The normalized spacial score (nSPS) is 12.6. The van der Waals surface area contributed by atoms with E-state index in [2.05, 4.69) is 0 Å². The number of nitrogen functional groups attached to an aromatic ring is 1. The van der Waals surface area contributed by atoms with Gasteiger partial charge in [0.15, 0.2) is 0 Å². The maximum absolute atomic E-state index is 12.2. The van der Waals surface area contributed by atoms with Crippen molar-refractivity contribution in [2.45, 2.75) is 19.9 Å². The number of rotatable bonds is 2. The predicted molar refractivity (Wildman–Crippen MR) is 71.3 cm³/mol. The number of benzene rings is 1. The van der Waals surface area contributed by atoms with E-state index >= 15 is 0 Å². The van der Waals surface area contributed by atoms with E-state index in [0.717, 1.165) is 5.56 Å². The van der Waals surface area contributed by atoms with Crippen LogP contribution < -0.4 is 17.0 Å². The van der Waals surface area contributed by atoms with Gasteiger partial charge in [-0.15, -0.1) is 0 Å². The van der Waals surface area contributed by atoms with Gasteiger partial charge in [-0.05, 0) is 31.5 Å². The molecular weight excluding hydrogens is 230 g/mol. The molecule has 0 unspecified atom stereocenters. The third-order valence-electron chi connectivity index (χ3n) is 3.20. The predicted octanol–water partition coefficient (Wildman–Crippen LogP) is 0.938. The highest BCUT2D eigenvalue weighted by Crippen LogP contribution is 2.22. The summed E-state index contributed by atoms with van der Waals surface area (Å²) in [6.07, 6.45) is 1.55. The van der Waals surface area contributed by atoms with Crippen LogP contribution in [0.1, 0.15) is 18.5 Å². The average molecular weight is 245 g/mol. The van der Waals surface area contributed by atoms with Gasteiger partial charge in [0.2, 0.25) is 5.91 Å². The summed E-state index contributed by atoms with van der Waals surface area (Å²) in [6.45, 7) is 3.47. The summed E-state index contributed by atoms with van der Waals surface area (Å²) in [6, 6.07) is 4.56. The van der Waals surface area contributed by atoms with Crippen molar-refractivity contribution in [1.82, 2.24) is 4.57 Å².